The molecule has 2 unspecified atom stereocenters. The van der Waals surface area contributed by atoms with Gasteiger partial charge in [0.1, 0.15) is 0 Å². The average molecular weight is 335 g/mol. The normalized spacial score (nSPS) is 24.0. The van der Waals surface area contributed by atoms with E-state index in [9.17, 15) is 9.90 Å². The molecular weight excluding hydrogens is 306 g/mol. The predicted octanol–water partition coefficient (Wildman–Crippen LogP) is 1.19. The first kappa shape index (κ1) is 17.1. The summed E-state index contributed by atoms with van der Waals surface area (Å²) in [5.41, 5.74) is 1.12. The van der Waals surface area contributed by atoms with Crippen LogP contribution >= 0.6 is 0 Å². The van der Waals surface area contributed by atoms with E-state index < -0.39 is 0 Å². The Kier molecular flexibility index (Phi) is 5.28. The summed E-state index contributed by atoms with van der Waals surface area (Å²) in [6.45, 7) is 5.16. The summed E-state index contributed by atoms with van der Waals surface area (Å²) in [5, 5.41) is 17.1. The first-order chi connectivity index (χ1) is 11.5. The van der Waals surface area contributed by atoms with Gasteiger partial charge in [0.15, 0.2) is 0 Å². The summed E-state index contributed by atoms with van der Waals surface area (Å²) in [6, 6.07) is 0.220. The SMILES string of the molecule is CC(O)C1CCN(C(=O)NC2CCCN(c3cnn(C)c3)C2)CC1. The van der Waals surface area contributed by atoms with Gasteiger partial charge in [0, 0.05) is 45.5 Å². The maximum absolute atomic E-state index is 12.5. The van der Waals surface area contributed by atoms with E-state index in [0.717, 1.165) is 57.5 Å². The van der Waals surface area contributed by atoms with Crippen molar-refractivity contribution in [1.29, 1.82) is 0 Å². The topological polar surface area (TPSA) is 73.6 Å². The molecule has 3 heterocycles. The Balaban J connectivity index is 1.49. The number of aryl methyl sites for hydroxylation is 1. The van der Waals surface area contributed by atoms with E-state index >= 15 is 0 Å². The zero-order valence-electron chi connectivity index (χ0n) is 14.7. The number of urea groups is 1. The number of aliphatic hydroxyl groups is 1. The fraction of sp³-hybridized carbons (Fsp3) is 0.765. The number of amides is 2. The second kappa shape index (κ2) is 7.42. The molecule has 2 N–H and O–H groups in total. The van der Waals surface area contributed by atoms with Crippen LogP contribution < -0.4 is 10.2 Å². The quantitative estimate of drug-likeness (QED) is 0.870. The standard InChI is InChI=1S/C17H29N5O2/c1-13(23)14-5-8-21(9-6-14)17(24)19-15-4-3-7-22(11-15)16-10-18-20(2)12-16/h10,12-15,23H,3-9,11H2,1-2H3,(H,19,24). The molecule has 0 bridgehead atoms. The minimum atomic E-state index is -0.276. The minimum absolute atomic E-state index is 0.0390. The second-order valence-electron chi connectivity index (χ2n) is 7.17. The summed E-state index contributed by atoms with van der Waals surface area (Å²) in [7, 11) is 1.92. The molecule has 2 fully saturated rings. The fourth-order valence-corrected chi connectivity index (χ4v) is 3.75. The number of carbonyl (C=O) groups excluding carboxylic acids is 1. The van der Waals surface area contributed by atoms with Crippen molar-refractivity contribution in [3.8, 4) is 0 Å². The summed E-state index contributed by atoms with van der Waals surface area (Å²) < 4.78 is 1.81. The van der Waals surface area contributed by atoms with Gasteiger partial charge < -0.3 is 20.2 Å². The molecule has 7 heteroatoms. The van der Waals surface area contributed by atoms with Crippen molar-refractivity contribution in [3.63, 3.8) is 0 Å². The molecule has 2 aliphatic heterocycles. The van der Waals surface area contributed by atoms with Crippen LogP contribution in [0.5, 0.6) is 0 Å². The highest BCUT2D eigenvalue weighted by molar-refractivity contribution is 5.74. The molecular formula is C17H29N5O2. The Hall–Kier alpha value is -1.76. The molecule has 24 heavy (non-hydrogen) atoms. The van der Waals surface area contributed by atoms with Gasteiger partial charge in [-0.25, -0.2) is 4.79 Å². The van der Waals surface area contributed by atoms with Gasteiger partial charge in [-0.2, -0.15) is 5.10 Å². The van der Waals surface area contributed by atoms with Crippen LogP contribution in [0.25, 0.3) is 0 Å². The van der Waals surface area contributed by atoms with Crippen LogP contribution in [0.15, 0.2) is 12.4 Å². The van der Waals surface area contributed by atoms with Crippen molar-refractivity contribution in [3.05, 3.63) is 12.4 Å². The largest absolute Gasteiger partial charge is 0.393 e. The number of aromatic nitrogens is 2. The highest BCUT2D eigenvalue weighted by atomic mass is 16.3. The van der Waals surface area contributed by atoms with Crippen LogP contribution in [0.4, 0.5) is 10.5 Å². The maximum Gasteiger partial charge on any atom is 0.317 e. The molecule has 0 aromatic carbocycles. The van der Waals surface area contributed by atoms with Crippen molar-refractivity contribution < 1.29 is 9.90 Å². The van der Waals surface area contributed by atoms with Gasteiger partial charge in [0.05, 0.1) is 18.0 Å². The number of rotatable bonds is 3. The highest BCUT2D eigenvalue weighted by Gasteiger charge is 2.28. The number of hydrogen-bond donors (Lipinski definition) is 2. The number of anilines is 1. The predicted molar refractivity (Wildman–Crippen MR) is 93.0 cm³/mol. The Bertz CT molecular complexity index is 551. The van der Waals surface area contributed by atoms with Gasteiger partial charge in [-0.3, -0.25) is 4.68 Å². The molecule has 2 atom stereocenters. The van der Waals surface area contributed by atoms with Crippen molar-refractivity contribution in [2.75, 3.05) is 31.1 Å². The molecule has 0 spiro atoms. The zero-order chi connectivity index (χ0) is 17.1. The Morgan fingerprint density at radius 2 is 2.08 bits per heavy atom. The van der Waals surface area contributed by atoms with Gasteiger partial charge in [0.25, 0.3) is 0 Å². The maximum atomic E-state index is 12.5. The molecule has 7 nitrogen and oxygen atoms in total. The van der Waals surface area contributed by atoms with Crippen LogP contribution in [0, 0.1) is 5.92 Å². The third kappa shape index (κ3) is 4.01. The zero-order valence-corrected chi connectivity index (χ0v) is 14.7. The molecule has 1 aromatic heterocycles. The molecule has 0 radical (unpaired) electrons. The number of nitrogens with zero attached hydrogens (tertiary/aromatic N) is 4. The first-order valence-corrected chi connectivity index (χ1v) is 9.00. The summed E-state index contributed by atoms with van der Waals surface area (Å²) in [6.07, 6.45) is 7.49. The van der Waals surface area contributed by atoms with Gasteiger partial charge >= 0.3 is 6.03 Å². The lowest BCUT2D eigenvalue weighted by Crippen LogP contribution is -2.53. The lowest BCUT2D eigenvalue weighted by Gasteiger charge is -2.37. The van der Waals surface area contributed by atoms with Crippen LogP contribution in [0.2, 0.25) is 0 Å². The van der Waals surface area contributed by atoms with Gasteiger partial charge in [-0.1, -0.05) is 0 Å². The van der Waals surface area contributed by atoms with E-state index in [4.69, 9.17) is 0 Å². The van der Waals surface area contributed by atoms with Crippen LogP contribution in [-0.2, 0) is 7.05 Å². The molecule has 3 rings (SSSR count). The lowest BCUT2D eigenvalue weighted by molar-refractivity contribution is 0.0792. The molecule has 2 amide bonds. The van der Waals surface area contributed by atoms with E-state index in [2.05, 4.69) is 15.3 Å². The Labute approximate surface area is 143 Å². The van der Waals surface area contributed by atoms with Gasteiger partial charge in [-0.05, 0) is 38.5 Å². The number of hydrogen-bond acceptors (Lipinski definition) is 4. The molecule has 0 saturated carbocycles. The molecule has 1 aromatic rings. The van der Waals surface area contributed by atoms with Crippen LogP contribution in [-0.4, -0.2) is 64.1 Å². The number of piperidine rings is 2. The summed E-state index contributed by atoms with van der Waals surface area (Å²) in [5.74, 6) is 0.324. The highest BCUT2D eigenvalue weighted by Crippen LogP contribution is 2.22. The number of nitrogens with one attached hydrogen (secondary N) is 1. The second-order valence-corrected chi connectivity index (χ2v) is 7.17. The monoisotopic (exact) mass is 335 g/mol. The molecule has 2 aliphatic rings. The van der Waals surface area contributed by atoms with Crippen molar-refractivity contribution >= 4 is 11.7 Å². The third-order valence-corrected chi connectivity index (χ3v) is 5.31. The molecule has 0 aliphatic carbocycles. The number of aliphatic hydroxyl groups excluding tert-OH is 1. The summed E-state index contributed by atoms with van der Waals surface area (Å²) in [4.78, 5) is 16.7. The van der Waals surface area contributed by atoms with Crippen LogP contribution in [0.3, 0.4) is 0 Å². The van der Waals surface area contributed by atoms with Crippen molar-refractivity contribution in [2.45, 2.75) is 44.8 Å². The van der Waals surface area contributed by atoms with Gasteiger partial charge in [-0.15, -0.1) is 0 Å². The average Bonchev–Trinajstić information content (AvgIpc) is 3.02. The number of likely N-dealkylation sites (tertiary alicyclic amines) is 1. The van der Waals surface area contributed by atoms with E-state index in [-0.39, 0.29) is 18.2 Å². The van der Waals surface area contributed by atoms with Crippen LogP contribution in [0.1, 0.15) is 32.6 Å². The molecule has 2 saturated heterocycles. The Morgan fingerprint density at radius 3 is 2.71 bits per heavy atom. The smallest absolute Gasteiger partial charge is 0.317 e. The third-order valence-electron chi connectivity index (χ3n) is 5.31. The van der Waals surface area contributed by atoms with E-state index in [1.165, 1.54) is 0 Å². The number of carbonyl (C=O) groups is 1. The van der Waals surface area contributed by atoms with Crippen molar-refractivity contribution in [2.24, 2.45) is 13.0 Å². The van der Waals surface area contributed by atoms with E-state index in [0.29, 0.717) is 5.92 Å². The summed E-state index contributed by atoms with van der Waals surface area (Å²) >= 11 is 0. The lowest BCUT2D eigenvalue weighted by atomic mass is 9.92. The van der Waals surface area contributed by atoms with Crippen molar-refractivity contribution in [1.82, 2.24) is 20.0 Å². The molecule has 134 valence electrons. The van der Waals surface area contributed by atoms with E-state index in [1.807, 2.05) is 35.9 Å². The van der Waals surface area contributed by atoms with E-state index in [1.54, 1.807) is 0 Å². The first-order valence-electron chi connectivity index (χ1n) is 9.00. The fourth-order valence-electron chi connectivity index (χ4n) is 3.75. The Morgan fingerprint density at radius 1 is 1.33 bits per heavy atom. The minimum Gasteiger partial charge on any atom is -0.393 e. The van der Waals surface area contributed by atoms with Gasteiger partial charge in [0.2, 0.25) is 0 Å².